The number of amides is 1. The minimum absolute atomic E-state index is 0.172. The topological polar surface area (TPSA) is 29.4 Å². The molecule has 0 aliphatic rings. The molecular formula is C9H9NO. The van der Waals surface area contributed by atoms with Gasteiger partial charge in [-0.1, -0.05) is 30.3 Å². The molecule has 0 heterocycles. The molecule has 11 heavy (non-hydrogen) atoms. The first-order chi connectivity index (χ1) is 5.29. The third-order valence-electron chi connectivity index (χ3n) is 1.19. The smallest absolute Gasteiger partial charge is 0.242 e. The van der Waals surface area contributed by atoms with E-state index in [2.05, 4.69) is 4.99 Å². The van der Waals surface area contributed by atoms with Gasteiger partial charge in [0.15, 0.2) is 0 Å². The van der Waals surface area contributed by atoms with Crippen LogP contribution >= 0.6 is 0 Å². The number of carbonyl (C=O) groups excluding carboxylic acids is 1. The molecule has 0 unspecified atom stereocenters. The van der Waals surface area contributed by atoms with Crippen molar-refractivity contribution in [1.29, 1.82) is 0 Å². The Morgan fingerprint density at radius 1 is 1.36 bits per heavy atom. The summed E-state index contributed by atoms with van der Waals surface area (Å²) < 4.78 is 0. The zero-order chi connectivity index (χ0) is 8.10. The zero-order valence-electron chi connectivity index (χ0n) is 6.32. The van der Waals surface area contributed by atoms with Crippen molar-refractivity contribution in [3.05, 3.63) is 35.9 Å². The minimum Gasteiger partial charge on any atom is -0.273 e. The van der Waals surface area contributed by atoms with Gasteiger partial charge in [0.25, 0.3) is 0 Å². The van der Waals surface area contributed by atoms with E-state index < -0.39 is 0 Å². The standard InChI is InChI=1S/C9H9NO/c1-8(11)10-7-9-5-3-2-4-6-9/h2-7H,1H3. The second-order valence-electron chi connectivity index (χ2n) is 2.19. The number of hydrogen-bond acceptors (Lipinski definition) is 1. The molecular weight excluding hydrogens is 138 g/mol. The average molecular weight is 147 g/mol. The Kier molecular flexibility index (Phi) is 2.55. The van der Waals surface area contributed by atoms with Gasteiger partial charge < -0.3 is 0 Å². The fourth-order valence-corrected chi connectivity index (χ4v) is 0.705. The van der Waals surface area contributed by atoms with Crippen molar-refractivity contribution in [1.82, 2.24) is 0 Å². The lowest BCUT2D eigenvalue weighted by atomic mass is 10.2. The van der Waals surface area contributed by atoms with Crippen LogP contribution in [0.2, 0.25) is 0 Å². The maximum atomic E-state index is 10.4. The Morgan fingerprint density at radius 2 is 2.00 bits per heavy atom. The molecule has 0 N–H and O–H groups in total. The van der Waals surface area contributed by atoms with Crippen molar-refractivity contribution in [3.63, 3.8) is 0 Å². The summed E-state index contributed by atoms with van der Waals surface area (Å²) in [5, 5.41) is 0. The fourth-order valence-electron chi connectivity index (χ4n) is 0.705. The highest BCUT2D eigenvalue weighted by Gasteiger charge is 1.84. The van der Waals surface area contributed by atoms with Crippen molar-refractivity contribution in [2.24, 2.45) is 4.99 Å². The van der Waals surface area contributed by atoms with Crippen LogP contribution in [0.1, 0.15) is 12.5 Å². The van der Waals surface area contributed by atoms with Crippen LogP contribution in [0, 0.1) is 0 Å². The van der Waals surface area contributed by atoms with Gasteiger partial charge in [0, 0.05) is 13.1 Å². The quantitative estimate of drug-likeness (QED) is 0.555. The van der Waals surface area contributed by atoms with Crippen LogP contribution in [0.15, 0.2) is 35.3 Å². The predicted octanol–water partition coefficient (Wildman–Crippen LogP) is 1.65. The Hall–Kier alpha value is -1.44. The fraction of sp³-hybridized carbons (Fsp3) is 0.111. The third kappa shape index (κ3) is 2.76. The molecule has 0 fully saturated rings. The van der Waals surface area contributed by atoms with E-state index in [-0.39, 0.29) is 5.91 Å². The Labute approximate surface area is 65.6 Å². The highest BCUT2D eigenvalue weighted by atomic mass is 16.1. The summed E-state index contributed by atoms with van der Waals surface area (Å²) in [6, 6.07) is 9.52. The second-order valence-corrected chi connectivity index (χ2v) is 2.19. The zero-order valence-corrected chi connectivity index (χ0v) is 6.32. The largest absolute Gasteiger partial charge is 0.273 e. The van der Waals surface area contributed by atoms with Gasteiger partial charge >= 0.3 is 0 Å². The molecule has 0 aromatic heterocycles. The molecule has 0 saturated carbocycles. The van der Waals surface area contributed by atoms with Gasteiger partial charge in [-0.15, -0.1) is 0 Å². The molecule has 0 spiro atoms. The molecule has 0 bridgehead atoms. The van der Waals surface area contributed by atoms with Crippen LogP contribution in [-0.4, -0.2) is 12.1 Å². The van der Waals surface area contributed by atoms with Gasteiger partial charge in [-0.05, 0) is 5.56 Å². The van der Waals surface area contributed by atoms with Crippen molar-refractivity contribution in [2.75, 3.05) is 0 Å². The summed E-state index contributed by atoms with van der Waals surface area (Å²) in [5.41, 5.74) is 0.947. The molecule has 0 aliphatic carbocycles. The van der Waals surface area contributed by atoms with E-state index in [1.807, 2.05) is 30.3 Å². The Morgan fingerprint density at radius 3 is 2.55 bits per heavy atom. The van der Waals surface area contributed by atoms with Crippen molar-refractivity contribution >= 4 is 12.1 Å². The van der Waals surface area contributed by atoms with Crippen LogP contribution in [0.5, 0.6) is 0 Å². The summed E-state index contributed by atoms with van der Waals surface area (Å²) in [4.78, 5) is 14.1. The van der Waals surface area contributed by atoms with Crippen LogP contribution in [0.4, 0.5) is 0 Å². The van der Waals surface area contributed by atoms with E-state index in [0.29, 0.717) is 0 Å². The van der Waals surface area contributed by atoms with Crippen LogP contribution < -0.4 is 0 Å². The van der Waals surface area contributed by atoms with E-state index in [1.165, 1.54) is 6.92 Å². The summed E-state index contributed by atoms with van der Waals surface area (Å²) in [6.07, 6.45) is 1.56. The highest BCUT2D eigenvalue weighted by Crippen LogP contribution is 1.93. The normalized spacial score (nSPS) is 10.3. The van der Waals surface area contributed by atoms with Crippen molar-refractivity contribution < 1.29 is 4.79 Å². The van der Waals surface area contributed by atoms with E-state index in [9.17, 15) is 4.79 Å². The van der Waals surface area contributed by atoms with Crippen molar-refractivity contribution in [2.45, 2.75) is 6.92 Å². The van der Waals surface area contributed by atoms with E-state index in [0.717, 1.165) is 5.56 Å². The van der Waals surface area contributed by atoms with Gasteiger partial charge in [-0.3, -0.25) is 4.79 Å². The van der Waals surface area contributed by atoms with Crippen LogP contribution in [0.3, 0.4) is 0 Å². The summed E-state index contributed by atoms with van der Waals surface area (Å²) in [7, 11) is 0. The maximum Gasteiger partial charge on any atom is 0.242 e. The van der Waals surface area contributed by atoms with E-state index >= 15 is 0 Å². The van der Waals surface area contributed by atoms with E-state index in [1.54, 1.807) is 6.21 Å². The number of benzene rings is 1. The van der Waals surface area contributed by atoms with Gasteiger partial charge in [0.2, 0.25) is 5.91 Å². The highest BCUT2D eigenvalue weighted by molar-refractivity contribution is 5.90. The SMILES string of the molecule is CC(=O)N=Cc1ccccc1. The monoisotopic (exact) mass is 147 g/mol. The number of nitrogens with zero attached hydrogens (tertiary/aromatic N) is 1. The summed E-state index contributed by atoms with van der Waals surface area (Å²) in [5.74, 6) is -0.172. The van der Waals surface area contributed by atoms with Gasteiger partial charge in [0.1, 0.15) is 0 Å². The Bertz CT molecular complexity index is 264. The lowest BCUT2D eigenvalue weighted by molar-refractivity contribution is -0.115. The number of carbonyl (C=O) groups is 1. The van der Waals surface area contributed by atoms with Gasteiger partial charge in [0.05, 0.1) is 0 Å². The first kappa shape index (κ1) is 7.66. The van der Waals surface area contributed by atoms with Gasteiger partial charge in [-0.25, -0.2) is 4.99 Å². The van der Waals surface area contributed by atoms with Gasteiger partial charge in [-0.2, -0.15) is 0 Å². The number of rotatable bonds is 1. The molecule has 2 nitrogen and oxygen atoms in total. The molecule has 0 atom stereocenters. The Balaban J connectivity index is 2.72. The molecule has 0 radical (unpaired) electrons. The first-order valence-corrected chi connectivity index (χ1v) is 3.39. The lowest BCUT2D eigenvalue weighted by Crippen LogP contribution is -1.85. The molecule has 2 heteroatoms. The first-order valence-electron chi connectivity index (χ1n) is 3.39. The average Bonchev–Trinajstić information content (AvgIpc) is 2.03. The van der Waals surface area contributed by atoms with Crippen molar-refractivity contribution in [3.8, 4) is 0 Å². The molecule has 56 valence electrons. The molecule has 1 rings (SSSR count). The van der Waals surface area contributed by atoms with Crippen LogP contribution in [0.25, 0.3) is 0 Å². The summed E-state index contributed by atoms with van der Waals surface area (Å²) in [6.45, 7) is 1.43. The molecule has 0 aliphatic heterocycles. The molecule has 1 amide bonds. The predicted molar refractivity (Wildman–Crippen MR) is 44.7 cm³/mol. The minimum atomic E-state index is -0.172. The third-order valence-corrected chi connectivity index (χ3v) is 1.19. The number of hydrogen-bond donors (Lipinski definition) is 0. The second kappa shape index (κ2) is 3.66. The van der Waals surface area contributed by atoms with Crippen LogP contribution in [-0.2, 0) is 4.79 Å². The summed E-state index contributed by atoms with van der Waals surface area (Å²) >= 11 is 0. The lowest BCUT2D eigenvalue weighted by Gasteiger charge is -1.87. The molecule has 0 saturated heterocycles. The molecule has 1 aromatic rings. The molecule has 1 aromatic carbocycles. The maximum absolute atomic E-state index is 10.4. The number of aliphatic imine (C=N–C) groups is 1. The van der Waals surface area contributed by atoms with E-state index in [4.69, 9.17) is 0 Å².